The van der Waals surface area contributed by atoms with Gasteiger partial charge in [0.25, 0.3) is 0 Å². The van der Waals surface area contributed by atoms with Gasteiger partial charge in [0, 0.05) is 16.7 Å². The Labute approximate surface area is 429 Å². The van der Waals surface area contributed by atoms with E-state index in [-0.39, 0.29) is 0 Å². The van der Waals surface area contributed by atoms with Crippen molar-refractivity contribution in [2.24, 2.45) is 0 Å². The maximum absolute atomic E-state index is 5.23. The Kier molecular flexibility index (Phi) is 12.4. The van der Waals surface area contributed by atoms with Crippen molar-refractivity contribution in [3.8, 4) is 89.5 Å². The van der Waals surface area contributed by atoms with Crippen LogP contribution in [0.15, 0.2) is 303 Å². The normalized spacial score (nSPS) is 11.3. The summed E-state index contributed by atoms with van der Waals surface area (Å²) >= 11 is 0. The van der Waals surface area contributed by atoms with Crippen molar-refractivity contribution in [1.29, 1.82) is 0 Å². The van der Waals surface area contributed by atoms with Crippen molar-refractivity contribution < 1.29 is 0 Å². The smallest absolute Gasteiger partial charge is 0.179 e. The molecule has 3 heteroatoms. The average Bonchev–Trinajstić information content (AvgIpc) is 3.49. The van der Waals surface area contributed by atoms with Crippen LogP contribution >= 0.6 is 0 Å². The molecule has 0 aliphatic heterocycles. The maximum Gasteiger partial charge on any atom is 0.179 e. The van der Waals surface area contributed by atoms with E-state index in [9.17, 15) is 0 Å². The van der Waals surface area contributed by atoms with Gasteiger partial charge in [-0.2, -0.15) is 0 Å². The molecule has 0 radical (unpaired) electrons. The van der Waals surface area contributed by atoms with Crippen molar-refractivity contribution in [1.82, 2.24) is 9.97 Å². The van der Waals surface area contributed by atoms with Crippen LogP contribution in [0, 0.1) is 0 Å². The first-order valence-corrected chi connectivity index (χ1v) is 27.0. The van der Waals surface area contributed by atoms with Crippen molar-refractivity contribution in [3.05, 3.63) is 303 Å². The monoisotopic (exact) mass is 946 g/mol. The van der Waals surface area contributed by atoms with Crippen LogP contribution in [0.4, 0.5) is 0 Å². The predicted octanol–water partition coefficient (Wildman–Crippen LogP) is 15.2. The molecule has 0 saturated carbocycles. The highest BCUT2D eigenvalue weighted by molar-refractivity contribution is 7.19. The summed E-state index contributed by atoms with van der Waals surface area (Å²) in [7, 11) is -2.83. The lowest BCUT2D eigenvalue weighted by atomic mass is 9.84. The molecule has 11 aromatic carbocycles. The SMILES string of the molecule is c1ccc(-c2ccc(-c3cc(-c4ccc(-c5cc(-c6ccccc6)cc(-c6cccc([Si](c7ccccc7)(c7ccccc7)c7ccccc7)c6)c5-c5ccccc5)cc4)nc(-c4ccccc4)n3)cc2)cc1. The Morgan fingerprint density at radius 1 is 0.205 bits per heavy atom. The fraction of sp³-hybridized carbons (Fsp3) is 0. The molecule has 73 heavy (non-hydrogen) atoms. The Morgan fingerprint density at radius 2 is 0.534 bits per heavy atom. The Balaban J connectivity index is 1.03. The van der Waals surface area contributed by atoms with Gasteiger partial charge in [0.2, 0.25) is 0 Å². The molecule has 0 fully saturated rings. The molecule has 344 valence electrons. The highest BCUT2D eigenvalue weighted by atomic mass is 28.3. The van der Waals surface area contributed by atoms with E-state index in [0.717, 1.165) is 55.9 Å². The Morgan fingerprint density at radius 3 is 1.00 bits per heavy atom. The zero-order valence-electron chi connectivity index (χ0n) is 40.3. The van der Waals surface area contributed by atoms with E-state index in [2.05, 4.69) is 285 Å². The number of hydrogen-bond acceptors (Lipinski definition) is 2. The minimum atomic E-state index is -2.83. The molecule has 0 atom stereocenters. The molecule has 0 spiro atoms. The van der Waals surface area contributed by atoms with Crippen LogP contribution in [0.5, 0.6) is 0 Å². The van der Waals surface area contributed by atoms with E-state index in [1.807, 2.05) is 18.2 Å². The minimum absolute atomic E-state index is 0.692. The molecule has 1 heterocycles. The van der Waals surface area contributed by atoms with E-state index in [0.29, 0.717) is 5.82 Å². The number of nitrogens with zero attached hydrogens (tertiary/aromatic N) is 2. The van der Waals surface area contributed by atoms with Gasteiger partial charge >= 0.3 is 0 Å². The van der Waals surface area contributed by atoms with Crippen LogP contribution in [0.3, 0.4) is 0 Å². The van der Waals surface area contributed by atoms with Crippen LogP contribution in [0.2, 0.25) is 0 Å². The van der Waals surface area contributed by atoms with Crippen LogP contribution < -0.4 is 20.7 Å². The fourth-order valence-corrected chi connectivity index (χ4v) is 15.3. The number of benzene rings is 11. The molecule has 0 unspecified atom stereocenters. The minimum Gasteiger partial charge on any atom is -0.228 e. The molecule has 0 amide bonds. The molecule has 0 bridgehead atoms. The van der Waals surface area contributed by atoms with E-state index in [4.69, 9.17) is 9.97 Å². The van der Waals surface area contributed by atoms with Crippen molar-refractivity contribution in [2.45, 2.75) is 0 Å². The molecule has 12 rings (SSSR count). The molecule has 0 saturated heterocycles. The summed E-state index contributed by atoms with van der Waals surface area (Å²) in [6, 6.07) is 110. The van der Waals surface area contributed by atoms with Crippen molar-refractivity contribution in [3.63, 3.8) is 0 Å². The van der Waals surface area contributed by atoms with Crippen LogP contribution in [-0.4, -0.2) is 18.0 Å². The average molecular weight is 947 g/mol. The third-order valence-electron chi connectivity index (χ3n) is 14.1. The highest BCUT2D eigenvalue weighted by Gasteiger charge is 2.41. The third-order valence-corrected chi connectivity index (χ3v) is 18.8. The van der Waals surface area contributed by atoms with E-state index < -0.39 is 8.07 Å². The van der Waals surface area contributed by atoms with Gasteiger partial charge < -0.3 is 0 Å². The maximum atomic E-state index is 5.23. The lowest BCUT2D eigenvalue weighted by molar-refractivity contribution is 1.18. The summed E-state index contributed by atoms with van der Waals surface area (Å²) in [6.45, 7) is 0. The summed E-state index contributed by atoms with van der Waals surface area (Å²) in [5, 5.41) is 5.37. The summed E-state index contributed by atoms with van der Waals surface area (Å²) in [6.07, 6.45) is 0. The predicted molar refractivity (Wildman–Crippen MR) is 309 cm³/mol. The molecule has 12 aromatic rings. The number of hydrogen-bond donors (Lipinski definition) is 0. The van der Waals surface area contributed by atoms with Gasteiger partial charge in [0.05, 0.1) is 11.4 Å². The van der Waals surface area contributed by atoms with Crippen LogP contribution in [-0.2, 0) is 0 Å². The van der Waals surface area contributed by atoms with Gasteiger partial charge in [-0.1, -0.05) is 285 Å². The molecule has 0 N–H and O–H groups in total. The molecule has 2 nitrogen and oxygen atoms in total. The zero-order valence-corrected chi connectivity index (χ0v) is 41.3. The summed E-state index contributed by atoms with van der Waals surface area (Å²) in [4.78, 5) is 10.4. The van der Waals surface area contributed by atoms with Gasteiger partial charge in [0.15, 0.2) is 13.9 Å². The van der Waals surface area contributed by atoms with Gasteiger partial charge in [-0.3, -0.25) is 0 Å². The summed E-state index contributed by atoms with van der Waals surface area (Å²) < 4.78 is 0. The van der Waals surface area contributed by atoms with Crippen LogP contribution in [0.1, 0.15) is 0 Å². The third kappa shape index (κ3) is 8.95. The zero-order chi connectivity index (χ0) is 48.8. The quantitative estimate of drug-likeness (QED) is 0.0901. The van der Waals surface area contributed by atoms with Crippen molar-refractivity contribution in [2.75, 3.05) is 0 Å². The second-order valence-corrected chi connectivity index (χ2v) is 22.3. The van der Waals surface area contributed by atoms with Crippen LogP contribution in [0.25, 0.3) is 89.5 Å². The molecule has 0 aliphatic rings. The molecular weight excluding hydrogens is 897 g/mol. The number of rotatable bonds is 12. The first-order chi connectivity index (χ1) is 36.2. The topological polar surface area (TPSA) is 25.8 Å². The standard InChI is InChI=1S/C70H50N2Si/c1-8-23-51(24-9-1)53-39-43-55(44-40-53)67-50-68(72-70(71-67)58-29-14-4-15-30-58)56-45-41-54(42-46-56)65-48-60(52-25-10-2-11-26-52)49-66(69(65)57-27-12-3-13-28-57)59-31-22-38-64(47-59)73(61-32-16-5-17-33-61,62-34-18-6-19-35-62)63-36-20-7-21-37-63/h1-50H. The number of aromatic nitrogens is 2. The highest BCUT2D eigenvalue weighted by Crippen LogP contribution is 2.44. The lowest BCUT2D eigenvalue weighted by Crippen LogP contribution is -2.74. The molecule has 0 aliphatic carbocycles. The molecule has 1 aromatic heterocycles. The molecular formula is C70H50N2Si. The first kappa shape index (κ1) is 44.9. The van der Waals surface area contributed by atoms with Gasteiger partial charge in [-0.25, -0.2) is 9.97 Å². The van der Waals surface area contributed by atoms with Gasteiger partial charge in [-0.15, -0.1) is 0 Å². The Bertz CT molecular complexity index is 3680. The summed E-state index contributed by atoms with van der Waals surface area (Å²) in [5.74, 6) is 0.692. The van der Waals surface area contributed by atoms with Gasteiger partial charge in [-0.05, 0) is 94.6 Å². The van der Waals surface area contributed by atoms with E-state index in [1.54, 1.807) is 0 Å². The second-order valence-electron chi connectivity index (χ2n) is 18.5. The summed E-state index contributed by atoms with van der Waals surface area (Å²) in [5.41, 5.74) is 16.4. The lowest BCUT2D eigenvalue weighted by Gasteiger charge is -2.34. The largest absolute Gasteiger partial charge is 0.228 e. The first-order valence-electron chi connectivity index (χ1n) is 25.0. The Hall–Kier alpha value is -9.28. The van der Waals surface area contributed by atoms with Crippen molar-refractivity contribution >= 4 is 28.8 Å². The fourth-order valence-electron chi connectivity index (χ4n) is 10.5. The van der Waals surface area contributed by atoms with Gasteiger partial charge in [0.1, 0.15) is 0 Å². The van der Waals surface area contributed by atoms with E-state index in [1.165, 1.54) is 48.6 Å². The second kappa shape index (κ2) is 20.2. The van der Waals surface area contributed by atoms with E-state index >= 15 is 0 Å².